The molecule has 2 heterocycles. The van der Waals surface area contributed by atoms with Crippen LogP contribution in [0.5, 0.6) is 0 Å². The number of nitrogens with one attached hydrogen (secondary N) is 2. The number of carbonyl (C=O) groups excluding carboxylic acids is 1. The van der Waals surface area contributed by atoms with Gasteiger partial charge in [-0.2, -0.15) is 0 Å². The molecule has 1 saturated heterocycles. The molecule has 0 aromatic carbocycles. The predicted molar refractivity (Wildman–Crippen MR) is 71.0 cm³/mol. The number of H-pyrrole nitrogens is 1. The van der Waals surface area contributed by atoms with Gasteiger partial charge in [-0.05, 0) is 18.9 Å². The number of amides is 2. The molecule has 1 aromatic rings. The first-order chi connectivity index (χ1) is 9.60. The number of aliphatic carboxylic acids is 1. The Balaban J connectivity index is 1.91. The molecule has 5 N–H and O–H groups in total. The van der Waals surface area contributed by atoms with E-state index in [2.05, 4.69) is 15.3 Å². The van der Waals surface area contributed by atoms with Gasteiger partial charge in [0.05, 0.1) is 6.33 Å². The van der Waals surface area contributed by atoms with Gasteiger partial charge in [0.15, 0.2) is 0 Å². The number of imidazole rings is 1. The lowest BCUT2D eigenvalue weighted by Crippen LogP contribution is -2.48. The molecule has 8 nitrogen and oxygen atoms in total. The lowest BCUT2D eigenvalue weighted by atomic mass is 10.1. The molecule has 2 rings (SSSR count). The number of urea groups is 1. The summed E-state index contributed by atoms with van der Waals surface area (Å²) < 4.78 is 0. The van der Waals surface area contributed by atoms with E-state index >= 15 is 0 Å². The van der Waals surface area contributed by atoms with Crippen molar-refractivity contribution in [3.05, 3.63) is 18.2 Å². The van der Waals surface area contributed by atoms with Crippen molar-refractivity contribution in [3.8, 4) is 0 Å². The van der Waals surface area contributed by atoms with Crippen LogP contribution in [0.25, 0.3) is 0 Å². The van der Waals surface area contributed by atoms with Gasteiger partial charge in [0.1, 0.15) is 6.04 Å². The van der Waals surface area contributed by atoms with Crippen molar-refractivity contribution in [2.24, 2.45) is 11.7 Å². The second-order valence-corrected chi connectivity index (χ2v) is 4.96. The van der Waals surface area contributed by atoms with Crippen LogP contribution < -0.4 is 11.1 Å². The Morgan fingerprint density at radius 2 is 2.45 bits per heavy atom. The monoisotopic (exact) mass is 281 g/mol. The Kier molecular flexibility index (Phi) is 4.57. The van der Waals surface area contributed by atoms with Crippen LogP contribution >= 0.6 is 0 Å². The number of hydrogen-bond acceptors (Lipinski definition) is 4. The lowest BCUT2D eigenvalue weighted by Gasteiger charge is -2.20. The molecule has 1 aliphatic rings. The zero-order valence-electron chi connectivity index (χ0n) is 11.1. The molecule has 1 aliphatic heterocycles. The van der Waals surface area contributed by atoms with Crippen LogP contribution in [0.15, 0.2) is 12.5 Å². The lowest BCUT2D eigenvalue weighted by molar-refractivity contribution is -0.139. The third-order valence-corrected chi connectivity index (χ3v) is 3.48. The van der Waals surface area contributed by atoms with Crippen LogP contribution in [0.3, 0.4) is 0 Å². The van der Waals surface area contributed by atoms with E-state index in [1.807, 2.05) is 0 Å². The van der Waals surface area contributed by atoms with Gasteiger partial charge in [-0.3, -0.25) is 0 Å². The van der Waals surface area contributed by atoms with E-state index < -0.39 is 12.0 Å². The first-order valence-electron chi connectivity index (χ1n) is 6.55. The Morgan fingerprint density at radius 3 is 3.00 bits per heavy atom. The quantitative estimate of drug-likeness (QED) is 0.573. The van der Waals surface area contributed by atoms with Gasteiger partial charge in [-0.15, -0.1) is 0 Å². The highest BCUT2D eigenvalue weighted by Gasteiger charge is 2.28. The van der Waals surface area contributed by atoms with Crippen LogP contribution in [-0.2, 0) is 11.2 Å². The van der Waals surface area contributed by atoms with Crippen LogP contribution in [0.1, 0.15) is 12.1 Å². The number of nitrogens with two attached hydrogens (primary N) is 1. The maximum absolute atomic E-state index is 12.0. The number of carbonyl (C=O) groups is 2. The minimum Gasteiger partial charge on any atom is -0.480 e. The summed E-state index contributed by atoms with van der Waals surface area (Å²) in [5.41, 5.74) is 6.24. The van der Waals surface area contributed by atoms with Gasteiger partial charge in [0.25, 0.3) is 0 Å². The highest BCUT2D eigenvalue weighted by molar-refractivity contribution is 5.82. The highest BCUT2D eigenvalue weighted by atomic mass is 16.4. The maximum atomic E-state index is 12.0. The molecule has 1 unspecified atom stereocenters. The summed E-state index contributed by atoms with van der Waals surface area (Å²) in [6, 6.07) is -1.33. The summed E-state index contributed by atoms with van der Waals surface area (Å²) in [6.45, 7) is 1.74. The standard InChI is InChI=1S/C12H19N5O3/c13-4-8-1-2-17(6-8)12(20)16-10(11(18)19)3-9-5-14-7-15-9/h5,7-8,10H,1-4,6,13H2,(H,14,15)(H,16,20)(H,18,19)/t8?,10-/m0/s1. The summed E-state index contributed by atoms with van der Waals surface area (Å²) in [4.78, 5) is 31.5. The second kappa shape index (κ2) is 6.38. The third-order valence-electron chi connectivity index (χ3n) is 3.48. The van der Waals surface area contributed by atoms with Crippen LogP contribution in [0.2, 0.25) is 0 Å². The van der Waals surface area contributed by atoms with Crippen molar-refractivity contribution < 1.29 is 14.7 Å². The molecular weight excluding hydrogens is 262 g/mol. The van der Waals surface area contributed by atoms with Crippen LogP contribution in [0.4, 0.5) is 4.79 Å². The van der Waals surface area contributed by atoms with Gasteiger partial charge >= 0.3 is 12.0 Å². The molecule has 0 aliphatic carbocycles. The molecular formula is C12H19N5O3. The molecule has 0 saturated carbocycles. The molecule has 110 valence electrons. The van der Waals surface area contributed by atoms with Gasteiger partial charge in [0, 0.05) is 31.4 Å². The molecule has 1 fully saturated rings. The highest BCUT2D eigenvalue weighted by Crippen LogP contribution is 2.14. The fourth-order valence-corrected chi connectivity index (χ4v) is 2.27. The van der Waals surface area contributed by atoms with E-state index in [4.69, 9.17) is 5.73 Å². The summed E-state index contributed by atoms with van der Waals surface area (Å²) in [5.74, 6) is -0.765. The number of nitrogens with zero attached hydrogens (tertiary/aromatic N) is 2. The van der Waals surface area contributed by atoms with E-state index in [0.717, 1.165) is 6.42 Å². The topological polar surface area (TPSA) is 124 Å². The van der Waals surface area contributed by atoms with Gasteiger partial charge < -0.3 is 26.0 Å². The SMILES string of the molecule is NCC1CCN(C(=O)N[C@@H](Cc2cnc[nH]2)C(=O)O)C1. The molecule has 20 heavy (non-hydrogen) atoms. The Hall–Kier alpha value is -2.09. The van der Waals surface area contributed by atoms with E-state index in [0.29, 0.717) is 31.2 Å². The maximum Gasteiger partial charge on any atom is 0.326 e. The van der Waals surface area contributed by atoms with Crippen molar-refractivity contribution in [2.45, 2.75) is 18.9 Å². The predicted octanol–water partition coefficient (Wildman–Crippen LogP) is -0.604. The Bertz CT molecular complexity index is 462. The van der Waals surface area contributed by atoms with Crippen molar-refractivity contribution >= 4 is 12.0 Å². The molecule has 0 bridgehead atoms. The summed E-state index contributed by atoms with van der Waals surface area (Å²) in [7, 11) is 0. The van der Waals surface area contributed by atoms with Crippen molar-refractivity contribution in [2.75, 3.05) is 19.6 Å². The fourth-order valence-electron chi connectivity index (χ4n) is 2.27. The zero-order chi connectivity index (χ0) is 14.5. The van der Waals surface area contributed by atoms with E-state index in [9.17, 15) is 14.7 Å². The minimum absolute atomic E-state index is 0.176. The summed E-state index contributed by atoms with van der Waals surface area (Å²) in [6.07, 6.45) is 4.06. The number of likely N-dealkylation sites (tertiary alicyclic amines) is 1. The fraction of sp³-hybridized carbons (Fsp3) is 0.583. The largest absolute Gasteiger partial charge is 0.480 e. The van der Waals surface area contributed by atoms with Crippen molar-refractivity contribution in [1.29, 1.82) is 0 Å². The van der Waals surface area contributed by atoms with E-state index in [1.54, 1.807) is 11.1 Å². The number of aromatic amines is 1. The van der Waals surface area contributed by atoms with Crippen LogP contribution in [0, 0.1) is 5.92 Å². The number of carboxylic acid groups (broad SMARTS) is 1. The zero-order valence-corrected chi connectivity index (χ0v) is 11.1. The average molecular weight is 281 g/mol. The number of hydrogen-bond donors (Lipinski definition) is 4. The molecule has 8 heteroatoms. The number of rotatable bonds is 5. The number of aromatic nitrogens is 2. The van der Waals surface area contributed by atoms with E-state index in [1.165, 1.54) is 6.33 Å². The Morgan fingerprint density at radius 1 is 1.65 bits per heavy atom. The minimum atomic E-state index is -1.07. The summed E-state index contributed by atoms with van der Waals surface area (Å²) >= 11 is 0. The summed E-state index contributed by atoms with van der Waals surface area (Å²) in [5, 5.41) is 11.7. The van der Waals surface area contributed by atoms with Crippen LogP contribution in [-0.4, -0.2) is 57.7 Å². The first kappa shape index (κ1) is 14.3. The van der Waals surface area contributed by atoms with E-state index in [-0.39, 0.29) is 12.5 Å². The van der Waals surface area contributed by atoms with Crippen molar-refractivity contribution in [1.82, 2.24) is 20.2 Å². The Labute approximate surface area is 116 Å². The number of carboxylic acids is 1. The average Bonchev–Trinajstić information content (AvgIpc) is 3.08. The van der Waals surface area contributed by atoms with Gasteiger partial charge in [-0.25, -0.2) is 14.6 Å². The molecule has 0 radical (unpaired) electrons. The second-order valence-electron chi connectivity index (χ2n) is 4.96. The molecule has 2 amide bonds. The third kappa shape index (κ3) is 3.47. The molecule has 1 aromatic heterocycles. The van der Waals surface area contributed by atoms with Gasteiger partial charge in [-0.1, -0.05) is 0 Å². The molecule has 2 atom stereocenters. The normalized spacial score (nSPS) is 19.9. The van der Waals surface area contributed by atoms with Gasteiger partial charge in [0.2, 0.25) is 0 Å². The van der Waals surface area contributed by atoms with Crippen molar-refractivity contribution in [3.63, 3.8) is 0 Å². The first-order valence-corrected chi connectivity index (χ1v) is 6.55. The molecule has 0 spiro atoms. The smallest absolute Gasteiger partial charge is 0.326 e.